The number of carbonyl (C=O) groups is 2. The summed E-state index contributed by atoms with van der Waals surface area (Å²) in [6.45, 7) is 1.81. The first-order valence-corrected chi connectivity index (χ1v) is 6.54. The number of carbonyl (C=O) groups excluding carboxylic acids is 1. The molecule has 1 amide bonds. The molecule has 0 radical (unpaired) electrons. The highest BCUT2D eigenvalue weighted by Crippen LogP contribution is 2.18. The summed E-state index contributed by atoms with van der Waals surface area (Å²) in [5, 5.41) is 11.6. The Kier molecular flexibility index (Phi) is 4.14. The fourth-order valence-electron chi connectivity index (χ4n) is 1.75. The molecule has 20 heavy (non-hydrogen) atoms. The maximum absolute atomic E-state index is 12.2. The molecule has 2 aromatic rings. The Bertz CT molecular complexity index is 686. The molecule has 0 aliphatic rings. The van der Waals surface area contributed by atoms with Crippen LogP contribution in [-0.4, -0.2) is 22.0 Å². The Labute approximate surface area is 123 Å². The van der Waals surface area contributed by atoms with Gasteiger partial charge in [0, 0.05) is 16.2 Å². The predicted molar refractivity (Wildman–Crippen MR) is 78.0 cm³/mol. The van der Waals surface area contributed by atoms with Crippen LogP contribution < -0.4 is 5.32 Å². The minimum atomic E-state index is -1.19. The Morgan fingerprint density at radius 3 is 2.70 bits per heavy atom. The van der Waals surface area contributed by atoms with Crippen LogP contribution in [-0.2, 0) is 0 Å². The number of aromatic carboxylic acids is 1. The van der Waals surface area contributed by atoms with E-state index in [4.69, 9.17) is 5.11 Å². The van der Waals surface area contributed by atoms with Crippen LogP contribution in [0.1, 0.15) is 26.4 Å². The summed E-state index contributed by atoms with van der Waals surface area (Å²) in [5.74, 6) is -1.56. The van der Waals surface area contributed by atoms with E-state index in [0.29, 0.717) is 5.56 Å². The zero-order valence-corrected chi connectivity index (χ0v) is 12.1. The van der Waals surface area contributed by atoms with E-state index in [9.17, 15) is 9.59 Å². The molecule has 0 unspecified atom stereocenters. The second-order valence-corrected chi connectivity index (χ2v) is 5.03. The number of rotatable bonds is 3. The maximum Gasteiger partial charge on any atom is 0.356 e. The van der Waals surface area contributed by atoms with Crippen molar-refractivity contribution < 1.29 is 14.7 Å². The van der Waals surface area contributed by atoms with Gasteiger partial charge in [0.1, 0.15) is 0 Å². The Hall–Kier alpha value is -2.21. The summed E-state index contributed by atoms with van der Waals surface area (Å²) in [4.78, 5) is 26.9. The second-order valence-electron chi connectivity index (χ2n) is 4.12. The first-order valence-electron chi connectivity index (χ1n) is 5.75. The number of pyridine rings is 1. The van der Waals surface area contributed by atoms with Crippen LogP contribution in [0, 0.1) is 6.92 Å². The van der Waals surface area contributed by atoms with Crippen molar-refractivity contribution >= 4 is 33.5 Å². The zero-order chi connectivity index (χ0) is 14.7. The number of hydrogen-bond donors (Lipinski definition) is 2. The molecule has 6 heteroatoms. The van der Waals surface area contributed by atoms with Crippen molar-refractivity contribution in [2.45, 2.75) is 6.92 Å². The topological polar surface area (TPSA) is 79.3 Å². The lowest BCUT2D eigenvalue weighted by Crippen LogP contribution is -2.16. The van der Waals surface area contributed by atoms with Crippen molar-refractivity contribution in [2.24, 2.45) is 0 Å². The third-order valence-electron chi connectivity index (χ3n) is 2.69. The van der Waals surface area contributed by atoms with Crippen LogP contribution in [0.2, 0.25) is 0 Å². The molecule has 102 valence electrons. The normalized spacial score (nSPS) is 10.1. The van der Waals surface area contributed by atoms with Crippen molar-refractivity contribution in [3.63, 3.8) is 0 Å². The summed E-state index contributed by atoms with van der Waals surface area (Å²) < 4.78 is 0.874. The highest BCUT2D eigenvalue weighted by Gasteiger charge is 2.15. The summed E-state index contributed by atoms with van der Waals surface area (Å²) in [6.07, 6.45) is 1.37. The predicted octanol–water partition coefficient (Wildman–Crippen LogP) is 3.10. The number of benzene rings is 1. The minimum absolute atomic E-state index is 0.173. The van der Waals surface area contributed by atoms with Gasteiger partial charge in [-0.3, -0.25) is 4.79 Å². The summed E-state index contributed by atoms with van der Waals surface area (Å²) >= 11 is 3.32. The van der Waals surface area contributed by atoms with Crippen molar-refractivity contribution in [1.82, 2.24) is 4.98 Å². The van der Waals surface area contributed by atoms with Gasteiger partial charge in [0.2, 0.25) is 0 Å². The van der Waals surface area contributed by atoms with E-state index in [1.54, 1.807) is 25.1 Å². The maximum atomic E-state index is 12.2. The number of nitrogens with one attached hydrogen (secondary N) is 1. The molecule has 1 heterocycles. The minimum Gasteiger partial charge on any atom is -0.476 e. The Morgan fingerprint density at radius 2 is 2.05 bits per heavy atom. The molecule has 1 aromatic heterocycles. The van der Waals surface area contributed by atoms with Gasteiger partial charge >= 0.3 is 5.97 Å². The van der Waals surface area contributed by atoms with Gasteiger partial charge in [0.25, 0.3) is 5.91 Å². The zero-order valence-electron chi connectivity index (χ0n) is 10.6. The molecule has 0 fully saturated rings. The summed E-state index contributed by atoms with van der Waals surface area (Å²) in [5.41, 5.74) is 1.26. The third kappa shape index (κ3) is 3.03. The molecule has 0 saturated heterocycles. The molecule has 0 bridgehead atoms. The molecule has 1 aromatic carbocycles. The van der Waals surface area contributed by atoms with E-state index in [1.165, 1.54) is 12.3 Å². The van der Waals surface area contributed by atoms with Crippen molar-refractivity contribution in [3.8, 4) is 0 Å². The molecular weight excluding hydrogens is 324 g/mol. The van der Waals surface area contributed by atoms with E-state index < -0.39 is 5.97 Å². The lowest BCUT2D eigenvalue weighted by molar-refractivity contribution is 0.0692. The van der Waals surface area contributed by atoms with Gasteiger partial charge in [-0.1, -0.05) is 15.9 Å². The first kappa shape index (κ1) is 14.2. The summed E-state index contributed by atoms with van der Waals surface area (Å²) in [6, 6.07) is 8.31. The number of carboxylic acid groups (broad SMARTS) is 1. The molecule has 2 N–H and O–H groups in total. The Balaban J connectivity index is 2.30. The SMILES string of the molecule is Cc1cc(Br)ccc1C(=O)Nc1cccnc1C(=O)O. The van der Waals surface area contributed by atoms with Crippen LogP contribution in [0.5, 0.6) is 0 Å². The van der Waals surface area contributed by atoms with Gasteiger partial charge in [-0.25, -0.2) is 9.78 Å². The average Bonchev–Trinajstić information content (AvgIpc) is 2.38. The van der Waals surface area contributed by atoms with Gasteiger partial charge in [-0.15, -0.1) is 0 Å². The smallest absolute Gasteiger partial charge is 0.356 e. The van der Waals surface area contributed by atoms with E-state index in [-0.39, 0.29) is 17.3 Å². The van der Waals surface area contributed by atoms with Crippen molar-refractivity contribution in [2.75, 3.05) is 5.32 Å². The van der Waals surface area contributed by atoms with E-state index in [0.717, 1.165) is 10.0 Å². The number of hydrogen-bond acceptors (Lipinski definition) is 3. The van der Waals surface area contributed by atoms with Crippen LogP contribution in [0.25, 0.3) is 0 Å². The lowest BCUT2D eigenvalue weighted by Gasteiger charge is -2.09. The lowest BCUT2D eigenvalue weighted by atomic mass is 10.1. The summed E-state index contributed by atoms with van der Waals surface area (Å²) in [7, 11) is 0. The van der Waals surface area contributed by atoms with Crippen molar-refractivity contribution in [3.05, 3.63) is 57.8 Å². The second kappa shape index (κ2) is 5.83. The number of anilines is 1. The molecule has 0 saturated carbocycles. The van der Waals surface area contributed by atoms with Crippen molar-refractivity contribution in [1.29, 1.82) is 0 Å². The monoisotopic (exact) mass is 334 g/mol. The number of halogens is 1. The van der Waals surface area contributed by atoms with Gasteiger partial charge < -0.3 is 10.4 Å². The van der Waals surface area contributed by atoms with E-state index >= 15 is 0 Å². The van der Waals surface area contributed by atoms with Crippen LogP contribution >= 0.6 is 15.9 Å². The van der Waals surface area contributed by atoms with Gasteiger partial charge in [0.15, 0.2) is 5.69 Å². The van der Waals surface area contributed by atoms with E-state index in [1.807, 2.05) is 6.07 Å². The highest BCUT2D eigenvalue weighted by atomic mass is 79.9. The van der Waals surface area contributed by atoms with Gasteiger partial charge in [-0.2, -0.15) is 0 Å². The Morgan fingerprint density at radius 1 is 1.30 bits per heavy atom. The van der Waals surface area contributed by atoms with Crippen LogP contribution in [0.15, 0.2) is 41.0 Å². The molecular formula is C14H11BrN2O3. The fourth-order valence-corrected chi connectivity index (χ4v) is 2.22. The quantitative estimate of drug-likeness (QED) is 0.903. The number of aromatic nitrogens is 1. The molecule has 5 nitrogen and oxygen atoms in total. The van der Waals surface area contributed by atoms with Gasteiger partial charge in [-0.05, 0) is 42.8 Å². The number of nitrogens with zero attached hydrogens (tertiary/aromatic N) is 1. The number of amides is 1. The van der Waals surface area contributed by atoms with Crippen LogP contribution in [0.3, 0.4) is 0 Å². The molecule has 0 aliphatic carbocycles. The van der Waals surface area contributed by atoms with Gasteiger partial charge in [0.05, 0.1) is 5.69 Å². The standard InChI is InChI=1S/C14H11BrN2O3/c1-8-7-9(15)4-5-10(8)13(18)17-11-3-2-6-16-12(11)14(19)20/h2-7H,1H3,(H,17,18)(H,19,20). The average molecular weight is 335 g/mol. The molecule has 0 aliphatic heterocycles. The first-order chi connectivity index (χ1) is 9.49. The third-order valence-corrected chi connectivity index (χ3v) is 3.18. The van der Waals surface area contributed by atoms with E-state index in [2.05, 4.69) is 26.2 Å². The molecule has 2 rings (SSSR count). The largest absolute Gasteiger partial charge is 0.476 e. The molecule has 0 spiro atoms. The fraction of sp³-hybridized carbons (Fsp3) is 0.0714. The number of carboxylic acids is 1. The number of aryl methyl sites for hydroxylation is 1. The molecule has 0 atom stereocenters. The highest BCUT2D eigenvalue weighted by molar-refractivity contribution is 9.10. The van der Waals surface area contributed by atoms with Crippen LogP contribution in [0.4, 0.5) is 5.69 Å².